The highest BCUT2D eigenvalue weighted by Crippen LogP contribution is 2.16. The van der Waals surface area contributed by atoms with Crippen molar-refractivity contribution >= 4 is 18.3 Å². The molecule has 1 aromatic carbocycles. The number of aromatic amines is 1. The monoisotopic (exact) mass is 412 g/mol. The highest BCUT2D eigenvalue weighted by atomic mass is 35.5. The molecule has 3 N–H and O–H groups in total. The second-order valence-electron chi connectivity index (χ2n) is 6.13. The summed E-state index contributed by atoms with van der Waals surface area (Å²) in [6.45, 7) is 1.40. The molecule has 0 saturated heterocycles. The van der Waals surface area contributed by atoms with Crippen LogP contribution in [0.3, 0.4) is 0 Å². The van der Waals surface area contributed by atoms with Gasteiger partial charge in [0, 0.05) is 18.9 Å². The first-order valence-corrected chi connectivity index (χ1v) is 8.84. The standard InChI is InChI=1S/C20H20N6O2.ClH/c1-22-9-2-10-23-19(27)16-7-8-18(24-12-16)26-20(28)17(13-25-26)15-5-3-14(11-21)4-6-15;/h3-8,12-13,22,25H,2,9-10H2,1H3,(H,23,27);1H. The first-order chi connectivity index (χ1) is 13.6. The molecule has 150 valence electrons. The molecular weight excluding hydrogens is 392 g/mol. The van der Waals surface area contributed by atoms with Crippen LogP contribution in [0.1, 0.15) is 22.3 Å². The molecule has 0 saturated carbocycles. The highest BCUT2D eigenvalue weighted by Gasteiger charge is 2.12. The summed E-state index contributed by atoms with van der Waals surface area (Å²) in [5.41, 5.74) is 1.87. The van der Waals surface area contributed by atoms with Crippen molar-refractivity contribution in [2.24, 2.45) is 0 Å². The Morgan fingerprint density at radius 1 is 1.21 bits per heavy atom. The van der Waals surface area contributed by atoms with Gasteiger partial charge in [-0.05, 0) is 49.8 Å². The van der Waals surface area contributed by atoms with Crippen LogP contribution < -0.4 is 16.2 Å². The maximum atomic E-state index is 12.7. The van der Waals surface area contributed by atoms with Gasteiger partial charge in [0.2, 0.25) is 0 Å². The van der Waals surface area contributed by atoms with Gasteiger partial charge in [0.05, 0.1) is 22.8 Å². The number of pyridine rings is 1. The van der Waals surface area contributed by atoms with E-state index in [2.05, 4.69) is 20.7 Å². The number of aromatic nitrogens is 3. The normalized spacial score (nSPS) is 10.1. The van der Waals surface area contributed by atoms with E-state index in [0.717, 1.165) is 13.0 Å². The van der Waals surface area contributed by atoms with E-state index in [4.69, 9.17) is 5.26 Å². The maximum Gasteiger partial charge on any atom is 0.280 e. The lowest BCUT2D eigenvalue weighted by molar-refractivity contribution is 0.0953. The van der Waals surface area contributed by atoms with E-state index in [0.29, 0.717) is 34.6 Å². The molecule has 2 aromatic heterocycles. The van der Waals surface area contributed by atoms with Crippen LogP contribution >= 0.6 is 12.4 Å². The molecule has 0 unspecified atom stereocenters. The largest absolute Gasteiger partial charge is 0.352 e. The molecule has 29 heavy (non-hydrogen) atoms. The van der Waals surface area contributed by atoms with Crippen LogP contribution in [-0.4, -0.2) is 40.8 Å². The predicted molar refractivity (Wildman–Crippen MR) is 112 cm³/mol. The molecule has 9 heteroatoms. The van der Waals surface area contributed by atoms with Crippen molar-refractivity contribution in [3.05, 3.63) is 70.3 Å². The Balaban J connectivity index is 0.00000300. The van der Waals surface area contributed by atoms with Gasteiger partial charge in [0.1, 0.15) is 0 Å². The minimum atomic E-state index is -0.263. The molecule has 0 aliphatic rings. The molecule has 0 radical (unpaired) electrons. The van der Waals surface area contributed by atoms with Gasteiger partial charge >= 0.3 is 0 Å². The van der Waals surface area contributed by atoms with Gasteiger partial charge in [-0.25, -0.2) is 9.67 Å². The minimum absolute atomic E-state index is 0. The second kappa shape index (κ2) is 10.2. The molecule has 3 rings (SSSR count). The lowest BCUT2D eigenvalue weighted by Gasteiger charge is -2.06. The van der Waals surface area contributed by atoms with E-state index in [9.17, 15) is 9.59 Å². The van der Waals surface area contributed by atoms with E-state index in [-0.39, 0.29) is 23.9 Å². The number of carbonyl (C=O) groups excluding carboxylic acids is 1. The number of nitrogens with one attached hydrogen (secondary N) is 3. The van der Waals surface area contributed by atoms with Crippen molar-refractivity contribution in [2.75, 3.05) is 20.1 Å². The Hall–Kier alpha value is -3.41. The topological polar surface area (TPSA) is 116 Å². The summed E-state index contributed by atoms with van der Waals surface area (Å²) in [7, 11) is 1.86. The van der Waals surface area contributed by atoms with Crippen molar-refractivity contribution in [1.82, 2.24) is 25.4 Å². The molecule has 0 spiro atoms. The Kier molecular flexibility index (Phi) is 7.71. The van der Waals surface area contributed by atoms with E-state index < -0.39 is 0 Å². The van der Waals surface area contributed by atoms with Crippen molar-refractivity contribution in [1.29, 1.82) is 5.26 Å². The Morgan fingerprint density at radius 3 is 2.59 bits per heavy atom. The summed E-state index contributed by atoms with van der Waals surface area (Å²) < 4.78 is 1.31. The summed E-state index contributed by atoms with van der Waals surface area (Å²) in [4.78, 5) is 29.0. The third-order valence-corrected chi connectivity index (χ3v) is 4.22. The minimum Gasteiger partial charge on any atom is -0.352 e. The lowest BCUT2D eigenvalue weighted by atomic mass is 10.1. The highest BCUT2D eigenvalue weighted by molar-refractivity contribution is 5.93. The van der Waals surface area contributed by atoms with Crippen LogP contribution in [0.5, 0.6) is 0 Å². The number of amides is 1. The number of hydrogen-bond acceptors (Lipinski definition) is 5. The third-order valence-electron chi connectivity index (χ3n) is 4.22. The van der Waals surface area contributed by atoms with Gasteiger partial charge in [-0.1, -0.05) is 12.1 Å². The molecule has 0 atom stereocenters. The predicted octanol–water partition coefficient (Wildman–Crippen LogP) is 1.86. The maximum absolute atomic E-state index is 12.7. The summed E-state index contributed by atoms with van der Waals surface area (Å²) in [6.07, 6.45) is 3.87. The summed E-state index contributed by atoms with van der Waals surface area (Å²) in [6, 6.07) is 12.1. The van der Waals surface area contributed by atoms with Gasteiger partial charge in [-0.15, -0.1) is 12.4 Å². The first-order valence-electron chi connectivity index (χ1n) is 8.84. The van der Waals surface area contributed by atoms with E-state index >= 15 is 0 Å². The Labute approximate surface area is 174 Å². The number of benzene rings is 1. The Morgan fingerprint density at radius 2 is 1.97 bits per heavy atom. The second-order valence-corrected chi connectivity index (χ2v) is 6.13. The zero-order chi connectivity index (χ0) is 19.9. The average molecular weight is 413 g/mol. The van der Waals surface area contributed by atoms with Crippen LogP contribution in [0, 0.1) is 11.3 Å². The van der Waals surface area contributed by atoms with Crippen molar-refractivity contribution < 1.29 is 4.79 Å². The van der Waals surface area contributed by atoms with Crippen LogP contribution in [-0.2, 0) is 0 Å². The molecule has 3 aromatic rings. The third kappa shape index (κ3) is 5.10. The van der Waals surface area contributed by atoms with Crippen molar-refractivity contribution in [2.45, 2.75) is 6.42 Å². The molecule has 0 fully saturated rings. The van der Waals surface area contributed by atoms with E-state index in [1.165, 1.54) is 10.9 Å². The number of halogens is 1. The average Bonchev–Trinajstić information content (AvgIpc) is 3.12. The van der Waals surface area contributed by atoms with E-state index in [1.807, 2.05) is 13.1 Å². The fraction of sp³-hybridized carbons (Fsp3) is 0.200. The van der Waals surface area contributed by atoms with Gasteiger partial charge in [-0.2, -0.15) is 5.26 Å². The molecular formula is C20H21ClN6O2. The summed E-state index contributed by atoms with van der Waals surface area (Å²) in [5.74, 6) is 0.184. The molecule has 8 nitrogen and oxygen atoms in total. The van der Waals surface area contributed by atoms with E-state index in [1.54, 1.807) is 42.6 Å². The molecule has 2 heterocycles. The molecule has 0 aliphatic heterocycles. The van der Waals surface area contributed by atoms with Gasteiger partial charge in [0.25, 0.3) is 11.5 Å². The number of nitriles is 1. The number of nitrogens with zero attached hydrogens (tertiary/aromatic N) is 3. The lowest BCUT2D eigenvalue weighted by Crippen LogP contribution is -2.26. The SMILES string of the molecule is CNCCCNC(=O)c1ccc(-n2[nH]cc(-c3ccc(C#N)cc3)c2=O)nc1.Cl. The summed E-state index contributed by atoms with van der Waals surface area (Å²) >= 11 is 0. The molecule has 1 amide bonds. The number of H-pyrrole nitrogens is 1. The van der Waals surface area contributed by atoms with Crippen LogP contribution in [0.15, 0.2) is 53.6 Å². The van der Waals surface area contributed by atoms with Crippen LogP contribution in [0.2, 0.25) is 0 Å². The quantitative estimate of drug-likeness (QED) is 0.512. The number of rotatable bonds is 7. The van der Waals surface area contributed by atoms with Crippen molar-refractivity contribution in [3.63, 3.8) is 0 Å². The fourth-order valence-electron chi connectivity index (χ4n) is 2.69. The van der Waals surface area contributed by atoms with Crippen molar-refractivity contribution in [3.8, 4) is 23.0 Å². The molecule has 0 bridgehead atoms. The molecule has 0 aliphatic carbocycles. The smallest absolute Gasteiger partial charge is 0.280 e. The van der Waals surface area contributed by atoms with Gasteiger partial charge in [-0.3, -0.25) is 14.7 Å². The van der Waals surface area contributed by atoms with Gasteiger partial charge in [0.15, 0.2) is 5.82 Å². The zero-order valence-electron chi connectivity index (χ0n) is 15.8. The fourth-order valence-corrected chi connectivity index (χ4v) is 2.69. The number of hydrogen-bond donors (Lipinski definition) is 3. The Bertz CT molecular complexity index is 1050. The van der Waals surface area contributed by atoms with Crippen LogP contribution in [0.25, 0.3) is 16.9 Å². The van der Waals surface area contributed by atoms with Gasteiger partial charge < -0.3 is 10.6 Å². The summed E-state index contributed by atoms with van der Waals surface area (Å²) in [5, 5.41) is 17.6. The number of carbonyl (C=O) groups is 1. The zero-order valence-corrected chi connectivity index (χ0v) is 16.6. The van der Waals surface area contributed by atoms with Crippen LogP contribution in [0.4, 0.5) is 0 Å². The first kappa shape index (κ1) is 21.9.